The third-order valence-electron chi connectivity index (χ3n) is 3.52. The van der Waals surface area contributed by atoms with Crippen LogP contribution in [0.3, 0.4) is 0 Å². The van der Waals surface area contributed by atoms with E-state index in [0.717, 1.165) is 36.8 Å². The molecule has 9 nitrogen and oxygen atoms in total. The Kier molecular flexibility index (Phi) is 6.56. The molecule has 0 aromatic heterocycles. The van der Waals surface area contributed by atoms with Crippen LogP contribution in [0.25, 0.3) is 0 Å². The number of fused-ring (bicyclic) bond motifs is 1. The Morgan fingerprint density at radius 3 is 2.52 bits per heavy atom. The van der Waals surface area contributed by atoms with Gasteiger partial charge in [-0.1, -0.05) is 16.9 Å². The molecule has 0 bridgehead atoms. The maximum Gasteiger partial charge on any atom is 0.447 e. The summed E-state index contributed by atoms with van der Waals surface area (Å²) in [6, 6.07) is 0. The Bertz CT molecular complexity index is 660. The summed E-state index contributed by atoms with van der Waals surface area (Å²) in [7, 11) is 3.01. The summed E-state index contributed by atoms with van der Waals surface area (Å²) >= 11 is 2.47. The van der Waals surface area contributed by atoms with E-state index < -0.39 is 17.8 Å². The van der Waals surface area contributed by atoms with Crippen LogP contribution in [-0.4, -0.2) is 74.2 Å². The Balaban J connectivity index is 1.96. The van der Waals surface area contributed by atoms with E-state index in [2.05, 4.69) is 10.1 Å². The summed E-state index contributed by atoms with van der Waals surface area (Å²) in [5.74, 6) is 0.665. The average molecular weight is 418 g/mol. The van der Waals surface area contributed by atoms with Crippen molar-refractivity contribution < 1.29 is 19.2 Å². The number of ether oxygens (including phenoxy) is 1. The molecule has 0 aromatic rings. The minimum absolute atomic E-state index is 0.331. The van der Waals surface area contributed by atoms with Gasteiger partial charge in [-0.25, -0.2) is 18.2 Å². The summed E-state index contributed by atoms with van der Waals surface area (Å²) in [5, 5.41) is 5.01. The summed E-state index contributed by atoms with van der Waals surface area (Å²) in [6.45, 7) is 11.0. The van der Waals surface area contributed by atoms with Crippen LogP contribution in [0.2, 0.25) is 0 Å². The Labute approximate surface area is 168 Å². The van der Waals surface area contributed by atoms with Crippen molar-refractivity contribution >= 4 is 47.1 Å². The lowest BCUT2D eigenvalue weighted by Gasteiger charge is -2.26. The Morgan fingerprint density at radius 1 is 1.26 bits per heavy atom. The van der Waals surface area contributed by atoms with Crippen LogP contribution in [0, 0.1) is 0 Å². The van der Waals surface area contributed by atoms with Gasteiger partial charge in [-0.15, -0.1) is 0 Å². The fraction of sp³-hybridized carbons (Fsp3) is 0.750. The molecule has 0 radical (unpaired) electrons. The van der Waals surface area contributed by atoms with Crippen molar-refractivity contribution in [2.24, 2.45) is 10.1 Å². The number of thioether (sulfide) groups is 1. The van der Waals surface area contributed by atoms with Crippen LogP contribution in [0.15, 0.2) is 10.1 Å². The van der Waals surface area contributed by atoms with E-state index in [1.165, 1.54) is 22.7 Å². The standard InChI is InChI=1S/C16H27N5O4S2/c1-15(2,3)24-13(22)19(6)27-20(7)14(23)25-18-11-16(4,5)26-12-17-9-8-10-21(11)12/h8-10H2,1-7H3. The number of aliphatic imine (C=N–C) groups is 1. The van der Waals surface area contributed by atoms with Crippen LogP contribution in [0.5, 0.6) is 0 Å². The van der Waals surface area contributed by atoms with Crippen LogP contribution in [0.4, 0.5) is 9.59 Å². The van der Waals surface area contributed by atoms with Gasteiger partial charge in [0.2, 0.25) is 0 Å². The van der Waals surface area contributed by atoms with Gasteiger partial charge < -0.3 is 9.64 Å². The minimum Gasteiger partial charge on any atom is -0.443 e. The number of amides is 2. The fourth-order valence-corrected chi connectivity index (χ4v) is 4.05. The molecule has 0 aliphatic carbocycles. The highest BCUT2D eigenvalue weighted by Gasteiger charge is 2.44. The number of carbonyl (C=O) groups is 2. The topological polar surface area (TPSA) is 87.0 Å². The second kappa shape index (κ2) is 8.17. The Morgan fingerprint density at radius 2 is 1.89 bits per heavy atom. The highest BCUT2D eigenvalue weighted by Crippen LogP contribution is 2.39. The molecule has 0 unspecified atom stereocenters. The predicted molar refractivity (Wildman–Crippen MR) is 109 cm³/mol. The van der Waals surface area contributed by atoms with Crippen molar-refractivity contribution in [2.45, 2.75) is 51.4 Å². The SMILES string of the molecule is CN(SN(C)C(=O)OC(C)(C)C)C(=O)ON=C1N2CCCN=C2SC1(C)C. The number of rotatable bonds is 3. The van der Waals surface area contributed by atoms with Crippen LogP contribution in [-0.2, 0) is 9.57 Å². The lowest BCUT2D eigenvalue weighted by atomic mass is 10.1. The molecular weight excluding hydrogens is 390 g/mol. The monoisotopic (exact) mass is 417 g/mol. The third-order valence-corrected chi connectivity index (χ3v) is 5.53. The minimum atomic E-state index is -0.689. The Hall–Kier alpha value is -1.62. The summed E-state index contributed by atoms with van der Waals surface area (Å²) in [6.07, 6.45) is -0.309. The second-order valence-electron chi connectivity index (χ2n) is 7.61. The first kappa shape index (κ1) is 21.7. The zero-order valence-electron chi connectivity index (χ0n) is 16.8. The van der Waals surface area contributed by atoms with Crippen LogP contribution < -0.4 is 0 Å². The molecule has 2 aliphatic heterocycles. The van der Waals surface area contributed by atoms with E-state index in [1.54, 1.807) is 32.5 Å². The van der Waals surface area contributed by atoms with Crippen LogP contribution >= 0.6 is 23.9 Å². The number of nitrogens with zero attached hydrogens (tertiary/aromatic N) is 5. The second-order valence-corrected chi connectivity index (χ2v) is 10.5. The highest BCUT2D eigenvalue weighted by molar-refractivity contribution is 8.16. The molecule has 1 saturated heterocycles. The van der Waals surface area contributed by atoms with Gasteiger partial charge in [-0.3, -0.25) is 9.83 Å². The smallest absolute Gasteiger partial charge is 0.443 e. The van der Waals surface area contributed by atoms with E-state index in [1.807, 2.05) is 18.7 Å². The van der Waals surface area contributed by atoms with Crippen molar-refractivity contribution in [1.82, 2.24) is 13.5 Å². The molecule has 2 amide bonds. The molecule has 2 aliphatic rings. The zero-order chi connectivity index (χ0) is 20.4. The van der Waals surface area contributed by atoms with Gasteiger partial charge in [0.15, 0.2) is 11.0 Å². The normalized spacial score (nSPS) is 20.0. The van der Waals surface area contributed by atoms with Crippen molar-refractivity contribution in [1.29, 1.82) is 0 Å². The zero-order valence-corrected chi connectivity index (χ0v) is 18.4. The molecule has 27 heavy (non-hydrogen) atoms. The number of amidine groups is 2. The quantitative estimate of drug-likeness (QED) is 0.395. The predicted octanol–water partition coefficient (Wildman–Crippen LogP) is 3.39. The molecule has 0 aromatic carbocycles. The molecule has 2 rings (SSSR count). The number of hydrogen-bond acceptors (Lipinski definition) is 8. The molecule has 1 fully saturated rings. The number of carbonyl (C=O) groups excluding carboxylic acids is 2. The maximum atomic E-state index is 12.3. The largest absolute Gasteiger partial charge is 0.447 e. The molecular formula is C16H27N5O4S2. The number of oxime groups is 1. The van der Waals surface area contributed by atoms with Crippen LogP contribution in [0.1, 0.15) is 41.0 Å². The van der Waals surface area contributed by atoms with E-state index in [9.17, 15) is 9.59 Å². The molecule has 0 spiro atoms. The molecule has 0 saturated carbocycles. The van der Waals surface area contributed by atoms with E-state index in [-0.39, 0.29) is 4.75 Å². The maximum absolute atomic E-state index is 12.3. The first-order chi connectivity index (χ1) is 12.4. The molecule has 11 heteroatoms. The van der Waals surface area contributed by atoms with E-state index in [0.29, 0.717) is 5.84 Å². The molecule has 0 atom stereocenters. The van der Waals surface area contributed by atoms with E-state index in [4.69, 9.17) is 9.57 Å². The molecule has 2 heterocycles. The van der Waals surface area contributed by atoms with Gasteiger partial charge in [-0.2, -0.15) is 0 Å². The van der Waals surface area contributed by atoms with Gasteiger partial charge in [0, 0.05) is 27.2 Å². The van der Waals surface area contributed by atoms with Gasteiger partial charge >= 0.3 is 12.2 Å². The van der Waals surface area contributed by atoms with Crippen molar-refractivity contribution in [2.75, 3.05) is 27.2 Å². The first-order valence-corrected chi connectivity index (χ1v) is 10.1. The lowest BCUT2D eigenvalue weighted by molar-refractivity contribution is 0.0429. The number of hydrogen-bond donors (Lipinski definition) is 0. The van der Waals surface area contributed by atoms with Gasteiger partial charge in [0.1, 0.15) is 5.60 Å². The first-order valence-electron chi connectivity index (χ1n) is 8.60. The highest BCUT2D eigenvalue weighted by atomic mass is 32.2. The van der Waals surface area contributed by atoms with Crippen molar-refractivity contribution in [3.05, 3.63) is 0 Å². The third kappa shape index (κ3) is 5.68. The molecule has 152 valence electrons. The van der Waals surface area contributed by atoms with E-state index >= 15 is 0 Å². The average Bonchev–Trinajstić information content (AvgIpc) is 2.80. The van der Waals surface area contributed by atoms with Gasteiger partial charge in [-0.05, 0) is 41.0 Å². The molecule has 0 N–H and O–H groups in total. The summed E-state index contributed by atoms with van der Waals surface area (Å²) in [4.78, 5) is 35.8. The van der Waals surface area contributed by atoms with Gasteiger partial charge in [0.05, 0.1) is 16.9 Å². The lowest BCUT2D eigenvalue weighted by Crippen LogP contribution is -2.39. The van der Waals surface area contributed by atoms with Crippen molar-refractivity contribution in [3.63, 3.8) is 0 Å². The fourth-order valence-electron chi connectivity index (χ4n) is 2.34. The van der Waals surface area contributed by atoms with Gasteiger partial charge in [0.25, 0.3) is 0 Å². The summed E-state index contributed by atoms with van der Waals surface area (Å²) in [5.41, 5.74) is -0.615. The summed E-state index contributed by atoms with van der Waals surface area (Å²) < 4.78 is 7.30. The van der Waals surface area contributed by atoms with Crippen molar-refractivity contribution in [3.8, 4) is 0 Å².